The van der Waals surface area contributed by atoms with Crippen molar-refractivity contribution in [1.29, 1.82) is 0 Å². The maximum Gasteiger partial charge on any atom is 0.250 e. The van der Waals surface area contributed by atoms with Gasteiger partial charge in [-0.25, -0.2) is 0 Å². The molecule has 1 aromatic rings. The van der Waals surface area contributed by atoms with E-state index in [0.717, 1.165) is 5.56 Å². The largest absolute Gasteiger partial charge is 0.339 e. The van der Waals surface area contributed by atoms with E-state index in [1.807, 2.05) is 65.0 Å². The summed E-state index contributed by atoms with van der Waals surface area (Å²) in [6, 6.07) is 8.37. The van der Waals surface area contributed by atoms with Gasteiger partial charge in [-0.1, -0.05) is 51.1 Å². The quantitative estimate of drug-likeness (QED) is 0.909. The minimum atomic E-state index is -0.584. The number of hydrogen-bond donors (Lipinski definition) is 1. The second-order valence-corrected chi connectivity index (χ2v) is 6.96. The van der Waals surface area contributed by atoms with E-state index in [1.165, 1.54) is 0 Å². The summed E-state index contributed by atoms with van der Waals surface area (Å²) in [6.45, 7) is 9.88. The Labute approximate surface area is 126 Å². The van der Waals surface area contributed by atoms with Crippen LogP contribution in [-0.4, -0.2) is 28.8 Å². The number of rotatable bonds is 2. The molecule has 0 aliphatic carbocycles. The highest BCUT2D eigenvalue weighted by atomic mass is 16.2. The van der Waals surface area contributed by atoms with E-state index in [9.17, 15) is 9.59 Å². The number of hydrogen-bond acceptors (Lipinski definition) is 2. The molecule has 4 nitrogen and oxygen atoms in total. The van der Waals surface area contributed by atoms with Crippen LogP contribution >= 0.6 is 0 Å². The van der Waals surface area contributed by atoms with Gasteiger partial charge in [-0.2, -0.15) is 0 Å². The van der Waals surface area contributed by atoms with Crippen LogP contribution in [-0.2, 0) is 9.59 Å². The van der Waals surface area contributed by atoms with Crippen molar-refractivity contribution in [3.8, 4) is 0 Å². The highest BCUT2D eigenvalue weighted by Crippen LogP contribution is 2.32. The molecule has 1 heterocycles. The minimum absolute atomic E-state index is 0.0148. The molecule has 21 heavy (non-hydrogen) atoms. The molecular weight excluding hydrogens is 264 g/mol. The molecule has 2 unspecified atom stereocenters. The Balaban J connectivity index is 2.41. The lowest BCUT2D eigenvalue weighted by Crippen LogP contribution is -2.65. The van der Waals surface area contributed by atoms with Gasteiger partial charge in [-0.05, 0) is 24.8 Å². The Morgan fingerprint density at radius 1 is 1.10 bits per heavy atom. The first-order valence-corrected chi connectivity index (χ1v) is 7.41. The van der Waals surface area contributed by atoms with Crippen molar-refractivity contribution in [2.75, 3.05) is 0 Å². The molecule has 1 aromatic carbocycles. The Hall–Kier alpha value is -1.84. The zero-order chi connectivity index (χ0) is 15.8. The van der Waals surface area contributed by atoms with Gasteiger partial charge in [0.05, 0.1) is 0 Å². The highest BCUT2D eigenvalue weighted by Gasteiger charge is 2.47. The number of nitrogens with zero attached hydrogens (tertiary/aromatic N) is 1. The third-order valence-corrected chi connectivity index (χ3v) is 3.82. The third-order valence-electron chi connectivity index (χ3n) is 3.82. The summed E-state index contributed by atoms with van der Waals surface area (Å²) in [7, 11) is 0. The van der Waals surface area contributed by atoms with Gasteiger partial charge in [0.1, 0.15) is 12.1 Å². The van der Waals surface area contributed by atoms with E-state index in [-0.39, 0.29) is 23.3 Å². The van der Waals surface area contributed by atoms with Crippen LogP contribution in [0.5, 0.6) is 0 Å². The average Bonchev–Trinajstić information content (AvgIpc) is 2.39. The molecule has 1 N–H and O–H groups in total. The smallest absolute Gasteiger partial charge is 0.250 e. The van der Waals surface area contributed by atoms with Crippen LogP contribution in [0.15, 0.2) is 30.3 Å². The van der Waals surface area contributed by atoms with Crippen LogP contribution in [0.3, 0.4) is 0 Å². The Morgan fingerprint density at radius 3 is 2.14 bits per heavy atom. The zero-order valence-electron chi connectivity index (χ0n) is 13.4. The summed E-state index contributed by atoms with van der Waals surface area (Å²) < 4.78 is 0. The lowest BCUT2D eigenvalue weighted by Gasteiger charge is -2.46. The van der Waals surface area contributed by atoms with Crippen LogP contribution in [0, 0.1) is 5.41 Å². The normalized spacial score (nSPS) is 23.4. The summed E-state index contributed by atoms with van der Waals surface area (Å²) >= 11 is 0. The summed E-state index contributed by atoms with van der Waals surface area (Å²) in [6.07, 6.45) is 0. The van der Waals surface area contributed by atoms with Crippen molar-refractivity contribution in [2.45, 2.75) is 52.7 Å². The average molecular weight is 288 g/mol. The van der Waals surface area contributed by atoms with Crippen LogP contribution in [0.1, 0.15) is 46.2 Å². The number of nitrogens with one attached hydrogen (secondary N) is 1. The maximum absolute atomic E-state index is 12.9. The molecular formula is C17H24N2O2. The second-order valence-electron chi connectivity index (χ2n) is 6.96. The van der Waals surface area contributed by atoms with E-state index in [1.54, 1.807) is 4.90 Å². The summed E-state index contributed by atoms with van der Waals surface area (Å²) in [5, 5.41) is 2.89. The zero-order valence-corrected chi connectivity index (χ0v) is 13.4. The number of benzene rings is 1. The molecule has 2 rings (SSSR count). The standard InChI is InChI=1S/C17H24N2O2/c1-11(2)19-14(17(3,4)5)15(20)18-13(16(19)21)12-9-7-6-8-10-12/h6-11,13-14H,1-5H3,(H,18,20). The first-order chi connectivity index (χ1) is 9.73. The van der Waals surface area contributed by atoms with E-state index in [0.29, 0.717) is 0 Å². The lowest BCUT2D eigenvalue weighted by molar-refractivity contribution is -0.156. The fourth-order valence-electron chi connectivity index (χ4n) is 2.92. The van der Waals surface area contributed by atoms with Crippen LogP contribution in [0.4, 0.5) is 0 Å². The first kappa shape index (κ1) is 15.5. The predicted molar refractivity (Wildman–Crippen MR) is 82.6 cm³/mol. The summed E-state index contributed by atoms with van der Waals surface area (Å²) in [5.74, 6) is -0.111. The SMILES string of the molecule is CC(C)N1C(=O)C(c2ccccc2)NC(=O)C1C(C)(C)C. The molecule has 0 bridgehead atoms. The Bertz CT molecular complexity index is 531. The molecule has 0 spiro atoms. The Kier molecular flexibility index (Phi) is 4.08. The van der Waals surface area contributed by atoms with Gasteiger partial charge in [0.2, 0.25) is 5.91 Å². The molecule has 1 saturated heterocycles. The molecule has 114 valence electrons. The van der Waals surface area contributed by atoms with Gasteiger partial charge in [-0.15, -0.1) is 0 Å². The number of piperazine rings is 1. The third kappa shape index (κ3) is 2.94. The van der Waals surface area contributed by atoms with E-state index in [4.69, 9.17) is 0 Å². The number of carbonyl (C=O) groups is 2. The fraction of sp³-hybridized carbons (Fsp3) is 0.529. The number of amides is 2. The van der Waals surface area contributed by atoms with Gasteiger partial charge in [-0.3, -0.25) is 9.59 Å². The monoisotopic (exact) mass is 288 g/mol. The van der Waals surface area contributed by atoms with Crippen molar-refractivity contribution >= 4 is 11.8 Å². The molecule has 0 aromatic heterocycles. The molecule has 1 fully saturated rings. The molecule has 1 aliphatic heterocycles. The molecule has 0 radical (unpaired) electrons. The lowest BCUT2D eigenvalue weighted by atomic mass is 9.82. The van der Waals surface area contributed by atoms with Crippen molar-refractivity contribution in [3.63, 3.8) is 0 Å². The Morgan fingerprint density at radius 2 is 1.67 bits per heavy atom. The van der Waals surface area contributed by atoms with E-state index >= 15 is 0 Å². The van der Waals surface area contributed by atoms with E-state index in [2.05, 4.69) is 5.32 Å². The van der Waals surface area contributed by atoms with Gasteiger partial charge in [0, 0.05) is 6.04 Å². The molecule has 1 aliphatic rings. The molecule has 4 heteroatoms. The maximum atomic E-state index is 12.9. The second kappa shape index (κ2) is 5.51. The van der Waals surface area contributed by atoms with E-state index < -0.39 is 12.1 Å². The van der Waals surface area contributed by atoms with Crippen LogP contribution < -0.4 is 5.32 Å². The fourth-order valence-corrected chi connectivity index (χ4v) is 2.92. The predicted octanol–water partition coefficient (Wildman–Crippen LogP) is 2.51. The van der Waals surface area contributed by atoms with Gasteiger partial charge < -0.3 is 10.2 Å². The van der Waals surface area contributed by atoms with Crippen molar-refractivity contribution in [3.05, 3.63) is 35.9 Å². The van der Waals surface area contributed by atoms with Crippen molar-refractivity contribution in [1.82, 2.24) is 10.2 Å². The minimum Gasteiger partial charge on any atom is -0.339 e. The summed E-state index contributed by atoms with van der Waals surface area (Å²) in [5.41, 5.74) is 0.528. The molecule has 2 amide bonds. The van der Waals surface area contributed by atoms with Crippen molar-refractivity contribution < 1.29 is 9.59 Å². The van der Waals surface area contributed by atoms with Crippen molar-refractivity contribution in [2.24, 2.45) is 5.41 Å². The van der Waals surface area contributed by atoms with Crippen LogP contribution in [0.25, 0.3) is 0 Å². The molecule has 2 atom stereocenters. The first-order valence-electron chi connectivity index (χ1n) is 7.41. The van der Waals surface area contributed by atoms with Gasteiger partial charge in [0.15, 0.2) is 0 Å². The molecule has 0 saturated carbocycles. The van der Waals surface area contributed by atoms with Gasteiger partial charge in [0.25, 0.3) is 5.91 Å². The highest BCUT2D eigenvalue weighted by molar-refractivity contribution is 5.98. The van der Waals surface area contributed by atoms with Gasteiger partial charge >= 0.3 is 0 Å². The topological polar surface area (TPSA) is 49.4 Å². The van der Waals surface area contributed by atoms with Crippen LogP contribution in [0.2, 0.25) is 0 Å². The summed E-state index contributed by atoms with van der Waals surface area (Å²) in [4.78, 5) is 27.2. The number of carbonyl (C=O) groups excluding carboxylic acids is 2.